The number of rotatable bonds is 9. The average Bonchev–Trinajstić information content (AvgIpc) is 2.91. The Bertz CT molecular complexity index is 1040. The number of para-hydroxylation sites is 1. The van der Waals surface area contributed by atoms with Crippen molar-refractivity contribution in [1.29, 1.82) is 5.41 Å². The van der Waals surface area contributed by atoms with Gasteiger partial charge in [0.25, 0.3) is 0 Å². The number of benzene rings is 2. The first-order valence-electron chi connectivity index (χ1n) is 12.8. The molecule has 0 bridgehead atoms. The summed E-state index contributed by atoms with van der Waals surface area (Å²) in [6, 6.07) is 15.0. The van der Waals surface area contributed by atoms with Gasteiger partial charge >= 0.3 is 0 Å². The van der Waals surface area contributed by atoms with Gasteiger partial charge in [-0.2, -0.15) is 0 Å². The normalized spacial score (nSPS) is 15.6. The van der Waals surface area contributed by atoms with Gasteiger partial charge in [0, 0.05) is 23.9 Å². The van der Waals surface area contributed by atoms with E-state index in [0.717, 1.165) is 25.1 Å². The fourth-order valence-electron chi connectivity index (χ4n) is 4.04. The van der Waals surface area contributed by atoms with Crippen LogP contribution in [0, 0.1) is 23.1 Å². The van der Waals surface area contributed by atoms with Crippen molar-refractivity contribution in [3.63, 3.8) is 0 Å². The second kappa shape index (κ2) is 18.0. The number of halogens is 1. The molecule has 0 aromatic heterocycles. The van der Waals surface area contributed by atoms with Crippen LogP contribution in [0.4, 0.5) is 4.39 Å². The number of allylic oxidation sites excluding steroid dienone is 6. The maximum Gasteiger partial charge on any atom is 0.130 e. The molecule has 0 fully saturated rings. The topological polar surface area (TPSA) is 45.1 Å². The van der Waals surface area contributed by atoms with Crippen LogP contribution in [0.5, 0.6) is 5.75 Å². The van der Waals surface area contributed by atoms with E-state index in [9.17, 15) is 4.39 Å². The van der Waals surface area contributed by atoms with E-state index in [1.54, 1.807) is 31.4 Å². The Morgan fingerprint density at radius 2 is 1.81 bits per heavy atom. The van der Waals surface area contributed by atoms with Gasteiger partial charge in [0.2, 0.25) is 0 Å². The summed E-state index contributed by atoms with van der Waals surface area (Å²) in [5.41, 5.74) is 4.61. The molecule has 2 atom stereocenters. The molecule has 0 saturated heterocycles. The molecule has 1 aliphatic carbocycles. The van der Waals surface area contributed by atoms with Crippen LogP contribution >= 0.6 is 0 Å². The lowest BCUT2D eigenvalue weighted by Crippen LogP contribution is -2.17. The van der Waals surface area contributed by atoms with Crippen molar-refractivity contribution in [1.82, 2.24) is 5.32 Å². The van der Waals surface area contributed by atoms with E-state index in [4.69, 9.17) is 10.1 Å². The van der Waals surface area contributed by atoms with Crippen molar-refractivity contribution >= 4 is 17.9 Å². The molecule has 3 nitrogen and oxygen atoms in total. The average molecular weight is 491 g/mol. The van der Waals surface area contributed by atoms with Crippen LogP contribution in [-0.4, -0.2) is 19.9 Å². The number of methoxy groups -OCH3 is 1. The van der Waals surface area contributed by atoms with Crippen molar-refractivity contribution in [3.8, 4) is 5.75 Å². The highest BCUT2D eigenvalue weighted by Crippen LogP contribution is 2.38. The maximum atomic E-state index is 13.6. The molecule has 0 amide bonds. The Morgan fingerprint density at radius 3 is 2.42 bits per heavy atom. The molecular formula is C32H43FN2O. The van der Waals surface area contributed by atoms with E-state index in [-0.39, 0.29) is 5.82 Å². The zero-order chi connectivity index (χ0) is 26.8. The highest BCUT2D eigenvalue weighted by Gasteiger charge is 2.21. The van der Waals surface area contributed by atoms with Gasteiger partial charge in [-0.3, -0.25) is 0 Å². The highest BCUT2D eigenvalue weighted by atomic mass is 19.1. The summed E-state index contributed by atoms with van der Waals surface area (Å²) < 4.78 is 19.1. The van der Waals surface area contributed by atoms with Crippen molar-refractivity contribution in [2.45, 2.75) is 47.5 Å². The molecule has 1 unspecified atom stereocenters. The molecule has 1 aliphatic rings. The summed E-state index contributed by atoms with van der Waals surface area (Å²) in [6.45, 7) is 11.3. The van der Waals surface area contributed by atoms with Gasteiger partial charge in [-0.15, -0.1) is 0 Å². The zero-order valence-electron chi connectivity index (χ0n) is 22.7. The molecule has 2 aromatic carbocycles. The Labute approximate surface area is 218 Å². The molecular weight excluding hydrogens is 447 g/mol. The monoisotopic (exact) mass is 490 g/mol. The van der Waals surface area contributed by atoms with Gasteiger partial charge in [-0.05, 0) is 67.7 Å². The van der Waals surface area contributed by atoms with E-state index in [2.05, 4.69) is 43.4 Å². The van der Waals surface area contributed by atoms with Crippen LogP contribution in [0.2, 0.25) is 0 Å². The van der Waals surface area contributed by atoms with Crippen molar-refractivity contribution < 1.29 is 9.13 Å². The molecule has 3 rings (SSSR count). The van der Waals surface area contributed by atoms with Gasteiger partial charge in [-0.1, -0.05) is 87.9 Å². The Kier molecular flexibility index (Phi) is 15.3. The van der Waals surface area contributed by atoms with Crippen LogP contribution in [0.1, 0.15) is 58.6 Å². The van der Waals surface area contributed by atoms with Gasteiger partial charge in [0.05, 0.1) is 7.11 Å². The lowest BCUT2D eigenvalue weighted by atomic mass is 9.79. The summed E-state index contributed by atoms with van der Waals surface area (Å²) >= 11 is 0. The molecule has 2 aromatic rings. The number of hydrogen-bond acceptors (Lipinski definition) is 3. The van der Waals surface area contributed by atoms with Crippen molar-refractivity contribution in [2.24, 2.45) is 11.8 Å². The smallest absolute Gasteiger partial charge is 0.130 e. The van der Waals surface area contributed by atoms with E-state index in [1.807, 2.05) is 51.2 Å². The Morgan fingerprint density at radius 1 is 1.11 bits per heavy atom. The first kappa shape index (κ1) is 30.6. The third kappa shape index (κ3) is 10.1. The second-order valence-corrected chi connectivity index (χ2v) is 8.36. The molecule has 0 spiro atoms. The molecule has 4 heteroatoms. The second-order valence-electron chi connectivity index (χ2n) is 8.36. The predicted molar refractivity (Wildman–Crippen MR) is 155 cm³/mol. The summed E-state index contributed by atoms with van der Waals surface area (Å²) in [4.78, 5) is 0. The standard InChI is InChI=1S/C26H30FNO.C4H7N.C2H6/c1-19(14-16-28-17-15-21-8-4-6-10-25(21)27)23-13-12-22(18-20(23)2)24-9-5-7-11-26(24)29-3;1-2-3-4-5;1-2/h4-13,15,17,19-20,28H,14,16,18H2,1-3H3;2-5H,1H3;1-2H3/b17-15-;3-2-,5-4?;/t19-,20?;;/m0../s1. The molecule has 0 radical (unpaired) electrons. The fraction of sp³-hybridized carbons (Fsp3) is 0.344. The SMILES string of the molecule is C/C=C\C=N.CC.COc1ccccc1C1=CC=C([C@@H](C)CCN/C=C\c2ccccc2F)C(C)C1. The first-order valence-corrected chi connectivity index (χ1v) is 12.8. The Balaban J connectivity index is 0.000000826. The third-order valence-corrected chi connectivity index (χ3v) is 5.89. The van der Waals surface area contributed by atoms with E-state index in [0.29, 0.717) is 17.4 Å². The first-order chi connectivity index (χ1) is 17.5. The summed E-state index contributed by atoms with van der Waals surface area (Å²) in [5, 5.41) is 9.68. The molecule has 0 saturated carbocycles. The van der Waals surface area contributed by atoms with Gasteiger partial charge in [0.15, 0.2) is 0 Å². The molecule has 2 N–H and O–H groups in total. The van der Waals surface area contributed by atoms with Crippen LogP contribution in [0.3, 0.4) is 0 Å². The predicted octanol–water partition coefficient (Wildman–Crippen LogP) is 8.71. The molecule has 0 aliphatic heterocycles. The van der Waals surface area contributed by atoms with Crippen LogP contribution in [-0.2, 0) is 0 Å². The lowest BCUT2D eigenvalue weighted by Gasteiger charge is -2.27. The Hall–Kier alpha value is -3.40. The van der Waals surface area contributed by atoms with E-state index < -0.39 is 0 Å². The third-order valence-electron chi connectivity index (χ3n) is 5.89. The molecule has 36 heavy (non-hydrogen) atoms. The van der Waals surface area contributed by atoms with E-state index in [1.165, 1.54) is 29.0 Å². The van der Waals surface area contributed by atoms with Crippen LogP contribution in [0.25, 0.3) is 11.6 Å². The van der Waals surface area contributed by atoms with E-state index >= 15 is 0 Å². The highest BCUT2D eigenvalue weighted by molar-refractivity contribution is 5.73. The molecule has 0 heterocycles. The van der Waals surface area contributed by atoms with Crippen molar-refractivity contribution in [2.75, 3.05) is 13.7 Å². The van der Waals surface area contributed by atoms with Gasteiger partial charge < -0.3 is 15.5 Å². The summed E-state index contributed by atoms with van der Waals surface area (Å²) in [5.74, 6) is 1.73. The van der Waals surface area contributed by atoms with Crippen molar-refractivity contribution in [3.05, 3.63) is 102 Å². The molecule has 194 valence electrons. The quantitative estimate of drug-likeness (QED) is 0.273. The minimum Gasteiger partial charge on any atom is -0.496 e. The summed E-state index contributed by atoms with van der Waals surface area (Å²) in [6.07, 6.45) is 14.9. The maximum absolute atomic E-state index is 13.6. The largest absolute Gasteiger partial charge is 0.496 e. The lowest BCUT2D eigenvalue weighted by molar-refractivity contribution is 0.413. The van der Waals surface area contributed by atoms with Gasteiger partial charge in [-0.25, -0.2) is 4.39 Å². The van der Waals surface area contributed by atoms with Gasteiger partial charge in [0.1, 0.15) is 11.6 Å². The number of nitrogens with one attached hydrogen (secondary N) is 2. The van der Waals surface area contributed by atoms with Crippen LogP contribution < -0.4 is 10.1 Å². The zero-order valence-corrected chi connectivity index (χ0v) is 22.7. The minimum absolute atomic E-state index is 0.197. The number of hydrogen-bond donors (Lipinski definition) is 2. The fourth-order valence-corrected chi connectivity index (χ4v) is 4.04. The van der Waals surface area contributed by atoms with Crippen LogP contribution in [0.15, 0.2) is 84.6 Å². The minimum atomic E-state index is -0.197. The summed E-state index contributed by atoms with van der Waals surface area (Å²) in [7, 11) is 1.72. The number of ether oxygens (including phenoxy) is 1.